The second-order valence-corrected chi connectivity index (χ2v) is 4.49. The van der Waals surface area contributed by atoms with Gasteiger partial charge in [0.05, 0.1) is 11.6 Å². The zero-order valence-electron chi connectivity index (χ0n) is 10.9. The van der Waals surface area contributed by atoms with E-state index in [1.165, 1.54) is 12.1 Å². The molecule has 4 heteroatoms. The Kier molecular flexibility index (Phi) is 4.09. The molecule has 0 amide bonds. The number of benzene rings is 2. The molecule has 2 rings (SSSR count). The standard InChI is InChI=1S/C16H12F3N/c1-2-10-3-4-12(14(17)5-10)8-13-15(18)6-11(9-20)7-16(13)19/h3-7H,2,8H2,1H3. The molecule has 0 radical (unpaired) electrons. The number of aryl methyl sites for hydroxylation is 1. The SMILES string of the molecule is CCc1ccc(Cc2c(F)cc(C#N)cc2F)c(F)c1. The van der Waals surface area contributed by atoms with E-state index >= 15 is 0 Å². The number of hydrogen-bond acceptors (Lipinski definition) is 1. The monoisotopic (exact) mass is 275 g/mol. The van der Waals surface area contributed by atoms with Crippen LogP contribution in [0.1, 0.15) is 29.2 Å². The zero-order valence-corrected chi connectivity index (χ0v) is 10.9. The van der Waals surface area contributed by atoms with Crippen LogP contribution >= 0.6 is 0 Å². The van der Waals surface area contributed by atoms with Crippen molar-refractivity contribution in [3.05, 3.63) is 70.0 Å². The van der Waals surface area contributed by atoms with Gasteiger partial charge in [-0.15, -0.1) is 0 Å². The molecule has 0 heterocycles. The van der Waals surface area contributed by atoms with Crippen molar-refractivity contribution in [3.63, 3.8) is 0 Å². The van der Waals surface area contributed by atoms with Crippen LogP contribution in [0.15, 0.2) is 30.3 Å². The van der Waals surface area contributed by atoms with Crippen molar-refractivity contribution in [2.45, 2.75) is 19.8 Å². The van der Waals surface area contributed by atoms with E-state index in [2.05, 4.69) is 0 Å². The van der Waals surface area contributed by atoms with Crippen LogP contribution in [-0.4, -0.2) is 0 Å². The summed E-state index contributed by atoms with van der Waals surface area (Å²) in [5, 5.41) is 8.63. The van der Waals surface area contributed by atoms with Gasteiger partial charge >= 0.3 is 0 Å². The molecule has 0 aliphatic carbocycles. The first-order chi connectivity index (χ1) is 9.55. The predicted molar refractivity (Wildman–Crippen MR) is 69.7 cm³/mol. The maximum Gasteiger partial charge on any atom is 0.130 e. The van der Waals surface area contributed by atoms with E-state index in [-0.39, 0.29) is 23.1 Å². The summed E-state index contributed by atoms with van der Waals surface area (Å²) in [5.74, 6) is -2.14. The molecule has 0 aliphatic rings. The van der Waals surface area contributed by atoms with Crippen molar-refractivity contribution in [1.29, 1.82) is 5.26 Å². The summed E-state index contributed by atoms with van der Waals surface area (Å²) in [5.41, 5.74) is 0.731. The molecule has 0 saturated carbocycles. The summed E-state index contributed by atoms with van der Waals surface area (Å²) in [6.45, 7) is 1.90. The number of nitrogens with zero attached hydrogens (tertiary/aromatic N) is 1. The Hall–Kier alpha value is -2.28. The Morgan fingerprint density at radius 3 is 2.15 bits per heavy atom. The maximum absolute atomic E-state index is 13.8. The van der Waals surface area contributed by atoms with Gasteiger partial charge in [0, 0.05) is 12.0 Å². The third-order valence-electron chi connectivity index (χ3n) is 3.16. The second kappa shape index (κ2) is 5.79. The lowest BCUT2D eigenvalue weighted by Gasteiger charge is -2.08. The van der Waals surface area contributed by atoms with Crippen LogP contribution in [0.25, 0.3) is 0 Å². The average molecular weight is 275 g/mol. The second-order valence-electron chi connectivity index (χ2n) is 4.49. The van der Waals surface area contributed by atoms with Crippen LogP contribution in [-0.2, 0) is 12.8 Å². The van der Waals surface area contributed by atoms with Crippen LogP contribution in [0.4, 0.5) is 13.2 Å². The smallest absolute Gasteiger partial charge is 0.130 e. The van der Waals surface area contributed by atoms with Crippen LogP contribution in [0.5, 0.6) is 0 Å². The van der Waals surface area contributed by atoms with Gasteiger partial charge in [-0.25, -0.2) is 13.2 Å². The molecule has 2 aromatic carbocycles. The normalized spacial score (nSPS) is 10.3. The van der Waals surface area contributed by atoms with Crippen molar-refractivity contribution in [1.82, 2.24) is 0 Å². The van der Waals surface area contributed by atoms with E-state index in [1.807, 2.05) is 6.92 Å². The van der Waals surface area contributed by atoms with Gasteiger partial charge in [-0.3, -0.25) is 0 Å². The highest BCUT2D eigenvalue weighted by atomic mass is 19.1. The lowest BCUT2D eigenvalue weighted by Crippen LogP contribution is -2.01. The molecule has 0 bridgehead atoms. The third kappa shape index (κ3) is 2.83. The summed E-state index contributed by atoms with van der Waals surface area (Å²) in [6, 6.07) is 8.22. The molecular weight excluding hydrogens is 263 g/mol. The fourth-order valence-corrected chi connectivity index (χ4v) is 1.98. The summed E-state index contributed by atoms with van der Waals surface area (Å²) in [7, 11) is 0. The van der Waals surface area contributed by atoms with Crippen molar-refractivity contribution >= 4 is 0 Å². The van der Waals surface area contributed by atoms with Gasteiger partial charge in [0.25, 0.3) is 0 Å². The molecule has 0 fully saturated rings. The fraction of sp³-hybridized carbons (Fsp3) is 0.188. The highest BCUT2D eigenvalue weighted by Crippen LogP contribution is 2.21. The van der Waals surface area contributed by atoms with Crippen molar-refractivity contribution in [2.75, 3.05) is 0 Å². The van der Waals surface area contributed by atoms with Gasteiger partial charge in [-0.05, 0) is 35.7 Å². The minimum atomic E-state index is -0.833. The molecule has 20 heavy (non-hydrogen) atoms. The van der Waals surface area contributed by atoms with E-state index in [0.29, 0.717) is 6.42 Å². The van der Waals surface area contributed by atoms with Crippen LogP contribution in [0, 0.1) is 28.8 Å². The quantitative estimate of drug-likeness (QED) is 0.826. The van der Waals surface area contributed by atoms with Gasteiger partial charge in [0.15, 0.2) is 0 Å². The lowest BCUT2D eigenvalue weighted by atomic mass is 10.00. The van der Waals surface area contributed by atoms with Crippen molar-refractivity contribution < 1.29 is 13.2 Å². The van der Waals surface area contributed by atoms with E-state index in [4.69, 9.17) is 5.26 Å². The highest BCUT2D eigenvalue weighted by Gasteiger charge is 2.14. The van der Waals surface area contributed by atoms with Gasteiger partial charge in [0.2, 0.25) is 0 Å². The summed E-state index contributed by atoms with van der Waals surface area (Å²) in [4.78, 5) is 0. The highest BCUT2D eigenvalue weighted by molar-refractivity contribution is 5.37. The summed E-state index contributed by atoms with van der Waals surface area (Å²) < 4.78 is 41.3. The zero-order chi connectivity index (χ0) is 14.7. The lowest BCUT2D eigenvalue weighted by molar-refractivity contribution is 0.555. The van der Waals surface area contributed by atoms with Crippen LogP contribution < -0.4 is 0 Å². The van der Waals surface area contributed by atoms with Gasteiger partial charge in [0.1, 0.15) is 17.5 Å². The Bertz CT molecular complexity index is 664. The number of rotatable bonds is 3. The predicted octanol–water partition coefficient (Wildman–Crippen LogP) is 4.13. The Morgan fingerprint density at radius 2 is 1.65 bits per heavy atom. The Labute approximate surface area is 115 Å². The topological polar surface area (TPSA) is 23.8 Å². The van der Waals surface area contributed by atoms with Crippen LogP contribution in [0.3, 0.4) is 0 Å². The van der Waals surface area contributed by atoms with E-state index in [9.17, 15) is 13.2 Å². The molecule has 1 nitrogen and oxygen atoms in total. The number of hydrogen-bond donors (Lipinski definition) is 0. The first-order valence-corrected chi connectivity index (χ1v) is 6.20. The molecule has 0 N–H and O–H groups in total. The first-order valence-electron chi connectivity index (χ1n) is 6.20. The minimum absolute atomic E-state index is 0.0921. The maximum atomic E-state index is 13.8. The molecule has 0 unspecified atom stereocenters. The molecule has 2 aromatic rings. The van der Waals surface area contributed by atoms with E-state index in [0.717, 1.165) is 17.7 Å². The van der Waals surface area contributed by atoms with Gasteiger partial charge in [-0.2, -0.15) is 5.26 Å². The molecule has 0 saturated heterocycles. The molecule has 0 atom stereocenters. The number of halogens is 3. The summed E-state index contributed by atoms with van der Waals surface area (Å²) in [6.07, 6.45) is 0.510. The third-order valence-corrected chi connectivity index (χ3v) is 3.16. The molecule has 102 valence electrons. The largest absolute Gasteiger partial charge is 0.207 e. The van der Waals surface area contributed by atoms with Crippen molar-refractivity contribution in [3.8, 4) is 6.07 Å². The molecule has 0 spiro atoms. The van der Waals surface area contributed by atoms with E-state index < -0.39 is 17.5 Å². The summed E-state index contributed by atoms with van der Waals surface area (Å²) >= 11 is 0. The van der Waals surface area contributed by atoms with Crippen LogP contribution in [0.2, 0.25) is 0 Å². The minimum Gasteiger partial charge on any atom is -0.207 e. The Balaban J connectivity index is 2.38. The van der Waals surface area contributed by atoms with Crippen molar-refractivity contribution in [2.24, 2.45) is 0 Å². The Morgan fingerprint density at radius 1 is 1.00 bits per heavy atom. The van der Waals surface area contributed by atoms with Gasteiger partial charge < -0.3 is 0 Å². The van der Waals surface area contributed by atoms with Gasteiger partial charge in [-0.1, -0.05) is 19.1 Å². The molecule has 0 aliphatic heterocycles. The average Bonchev–Trinajstić information content (AvgIpc) is 2.43. The molecule has 0 aromatic heterocycles. The van der Waals surface area contributed by atoms with E-state index in [1.54, 1.807) is 12.1 Å². The fourth-order valence-electron chi connectivity index (χ4n) is 1.98. The molecular formula is C16H12F3N. The first kappa shape index (κ1) is 14.1. The number of nitriles is 1.